The molecule has 0 radical (unpaired) electrons. The normalized spacial score (nSPS) is 16.4. The van der Waals surface area contributed by atoms with Gasteiger partial charge in [0.1, 0.15) is 5.75 Å². The van der Waals surface area contributed by atoms with E-state index < -0.39 is 0 Å². The van der Waals surface area contributed by atoms with Crippen LogP contribution in [0.5, 0.6) is 5.75 Å². The number of nitrogens with one attached hydrogen (secondary N) is 1. The number of hydrogen-bond donors (Lipinski definition) is 1. The van der Waals surface area contributed by atoms with Crippen LogP contribution in [-0.2, 0) is 6.54 Å². The van der Waals surface area contributed by atoms with Crippen molar-refractivity contribution in [3.63, 3.8) is 0 Å². The molecule has 1 aromatic carbocycles. The largest absolute Gasteiger partial charge is 0.495 e. The van der Waals surface area contributed by atoms with Gasteiger partial charge in [-0.05, 0) is 43.0 Å². The lowest BCUT2D eigenvalue weighted by atomic mass is 10.1. The summed E-state index contributed by atoms with van der Waals surface area (Å²) in [6, 6.07) is 4.71. The lowest BCUT2D eigenvalue weighted by Crippen LogP contribution is -2.25. The average Bonchev–Trinajstić information content (AvgIpc) is 2.82. The molecule has 1 N–H and O–H groups in total. The molecular formula is C14H20ClNO. The maximum absolute atomic E-state index is 6.14. The number of halogens is 1. The molecule has 0 unspecified atom stereocenters. The molecule has 94 valence electrons. The fourth-order valence-corrected chi connectivity index (χ4v) is 2.69. The van der Waals surface area contributed by atoms with Crippen LogP contribution in [0, 0.1) is 6.92 Å². The molecule has 0 bridgehead atoms. The minimum atomic E-state index is 0.690. The first-order valence-corrected chi connectivity index (χ1v) is 6.65. The number of ether oxygens (including phenoxy) is 1. The van der Waals surface area contributed by atoms with Crippen LogP contribution in [-0.4, -0.2) is 13.2 Å². The van der Waals surface area contributed by atoms with E-state index in [1.165, 1.54) is 36.8 Å². The van der Waals surface area contributed by atoms with Crippen molar-refractivity contribution in [2.24, 2.45) is 0 Å². The van der Waals surface area contributed by atoms with Gasteiger partial charge in [0, 0.05) is 12.6 Å². The van der Waals surface area contributed by atoms with E-state index in [0.29, 0.717) is 11.1 Å². The third-order valence-electron chi connectivity index (χ3n) is 3.55. The first-order valence-electron chi connectivity index (χ1n) is 6.27. The zero-order valence-electron chi connectivity index (χ0n) is 10.6. The predicted molar refractivity (Wildman–Crippen MR) is 71.8 cm³/mol. The molecule has 2 nitrogen and oxygen atoms in total. The Morgan fingerprint density at radius 1 is 1.35 bits per heavy atom. The molecule has 0 aliphatic heterocycles. The summed E-state index contributed by atoms with van der Waals surface area (Å²) in [7, 11) is 1.65. The maximum atomic E-state index is 6.14. The molecule has 0 amide bonds. The molecule has 0 atom stereocenters. The van der Waals surface area contributed by atoms with Gasteiger partial charge in [-0.1, -0.05) is 24.4 Å². The van der Waals surface area contributed by atoms with Crippen molar-refractivity contribution in [3.05, 3.63) is 28.3 Å². The second-order valence-electron chi connectivity index (χ2n) is 4.78. The molecular weight excluding hydrogens is 234 g/mol. The molecule has 17 heavy (non-hydrogen) atoms. The van der Waals surface area contributed by atoms with E-state index in [1.54, 1.807) is 7.11 Å². The number of aryl methyl sites for hydroxylation is 1. The van der Waals surface area contributed by atoms with E-state index >= 15 is 0 Å². The second-order valence-corrected chi connectivity index (χ2v) is 5.18. The van der Waals surface area contributed by atoms with Crippen LogP contribution in [0.3, 0.4) is 0 Å². The Morgan fingerprint density at radius 3 is 2.71 bits per heavy atom. The molecule has 1 aromatic rings. The van der Waals surface area contributed by atoms with Crippen LogP contribution in [0.2, 0.25) is 5.02 Å². The number of benzene rings is 1. The molecule has 3 heteroatoms. The van der Waals surface area contributed by atoms with Gasteiger partial charge in [0.2, 0.25) is 0 Å². The molecule has 0 spiro atoms. The second kappa shape index (κ2) is 5.74. The van der Waals surface area contributed by atoms with E-state index in [9.17, 15) is 0 Å². The highest BCUT2D eigenvalue weighted by Crippen LogP contribution is 2.28. The third-order valence-corrected chi connectivity index (χ3v) is 3.84. The number of rotatable bonds is 4. The lowest BCUT2D eigenvalue weighted by Gasteiger charge is -2.14. The van der Waals surface area contributed by atoms with E-state index in [2.05, 4.69) is 12.2 Å². The first-order chi connectivity index (χ1) is 8.20. The summed E-state index contributed by atoms with van der Waals surface area (Å²) in [6.07, 6.45) is 5.34. The summed E-state index contributed by atoms with van der Waals surface area (Å²) in [6.45, 7) is 3.00. The Bertz CT molecular complexity index is 386. The fourth-order valence-electron chi connectivity index (χ4n) is 2.43. The average molecular weight is 254 g/mol. The Balaban J connectivity index is 2.02. The van der Waals surface area contributed by atoms with E-state index in [1.807, 2.05) is 12.1 Å². The van der Waals surface area contributed by atoms with Crippen LogP contribution < -0.4 is 10.1 Å². The third kappa shape index (κ3) is 3.14. The topological polar surface area (TPSA) is 21.3 Å². The summed E-state index contributed by atoms with van der Waals surface area (Å²) in [5, 5.41) is 4.30. The fraction of sp³-hybridized carbons (Fsp3) is 0.571. The summed E-state index contributed by atoms with van der Waals surface area (Å²) >= 11 is 6.14. The Hall–Kier alpha value is -0.730. The highest BCUT2D eigenvalue weighted by atomic mass is 35.5. The van der Waals surface area contributed by atoms with Crippen molar-refractivity contribution in [3.8, 4) is 5.75 Å². The standard InChI is InChI=1S/C14H20ClNO/c1-10-7-14(17-2)13(15)8-11(10)9-16-12-5-3-4-6-12/h7-8,12,16H,3-6,9H2,1-2H3. The van der Waals surface area contributed by atoms with Crippen LogP contribution in [0.4, 0.5) is 0 Å². The van der Waals surface area contributed by atoms with Gasteiger partial charge in [-0.2, -0.15) is 0 Å². The Morgan fingerprint density at radius 2 is 2.06 bits per heavy atom. The van der Waals surface area contributed by atoms with Gasteiger partial charge in [0.15, 0.2) is 0 Å². The zero-order valence-corrected chi connectivity index (χ0v) is 11.3. The highest BCUT2D eigenvalue weighted by Gasteiger charge is 2.14. The van der Waals surface area contributed by atoms with E-state index in [0.717, 1.165) is 12.3 Å². The minimum absolute atomic E-state index is 0.690. The van der Waals surface area contributed by atoms with Gasteiger partial charge >= 0.3 is 0 Å². The van der Waals surface area contributed by atoms with Crippen LogP contribution >= 0.6 is 11.6 Å². The van der Waals surface area contributed by atoms with Gasteiger partial charge in [0.25, 0.3) is 0 Å². The molecule has 0 aromatic heterocycles. The SMILES string of the molecule is COc1cc(C)c(CNC2CCCC2)cc1Cl. The van der Waals surface area contributed by atoms with Crippen LogP contribution in [0.1, 0.15) is 36.8 Å². The molecule has 1 fully saturated rings. The Labute approximate surface area is 108 Å². The van der Waals surface area contributed by atoms with Crippen molar-refractivity contribution < 1.29 is 4.74 Å². The zero-order chi connectivity index (χ0) is 12.3. The van der Waals surface area contributed by atoms with Crippen molar-refractivity contribution in [1.29, 1.82) is 0 Å². The minimum Gasteiger partial charge on any atom is -0.495 e. The first kappa shape index (κ1) is 12.7. The van der Waals surface area contributed by atoms with E-state index in [-0.39, 0.29) is 0 Å². The van der Waals surface area contributed by atoms with Gasteiger partial charge in [0.05, 0.1) is 12.1 Å². The van der Waals surface area contributed by atoms with Crippen LogP contribution in [0.25, 0.3) is 0 Å². The van der Waals surface area contributed by atoms with Gasteiger partial charge in [-0.25, -0.2) is 0 Å². The predicted octanol–water partition coefficient (Wildman–Crippen LogP) is 3.69. The summed E-state index contributed by atoms with van der Waals surface area (Å²) in [5.74, 6) is 0.758. The highest BCUT2D eigenvalue weighted by molar-refractivity contribution is 6.32. The molecule has 0 heterocycles. The van der Waals surface area contributed by atoms with Crippen molar-refractivity contribution >= 4 is 11.6 Å². The molecule has 1 saturated carbocycles. The lowest BCUT2D eigenvalue weighted by molar-refractivity contribution is 0.414. The van der Waals surface area contributed by atoms with Gasteiger partial charge < -0.3 is 10.1 Å². The van der Waals surface area contributed by atoms with Crippen molar-refractivity contribution in [2.45, 2.75) is 45.2 Å². The van der Waals surface area contributed by atoms with Gasteiger partial charge in [-0.15, -0.1) is 0 Å². The molecule has 0 saturated heterocycles. The summed E-state index contributed by atoms with van der Waals surface area (Å²) < 4.78 is 5.21. The molecule has 1 aliphatic carbocycles. The smallest absolute Gasteiger partial charge is 0.137 e. The van der Waals surface area contributed by atoms with Crippen molar-refractivity contribution in [1.82, 2.24) is 5.32 Å². The van der Waals surface area contributed by atoms with Crippen LogP contribution in [0.15, 0.2) is 12.1 Å². The summed E-state index contributed by atoms with van der Waals surface area (Å²) in [4.78, 5) is 0. The van der Waals surface area contributed by atoms with Crippen molar-refractivity contribution in [2.75, 3.05) is 7.11 Å². The summed E-state index contributed by atoms with van der Waals surface area (Å²) in [5.41, 5.74) is 2.50. The molecule has 2 rings (SSSR count). The number of methoxy groups -OCH3 is 1. The maximum Gasteiger partial charge on any atom is 0.137 e. The van der Waals surface area contributed by atoms with Gasteiger partial charge in [-0.3, -0.25) is 0 Å². The molecule has 1 aliphatic rings. The van der Waals surface area contributed by atoms with E-state index in [4.69, 9.17) is 16.3 Å². The Kier molecular flexibility index (Phi) is 4.30. The quantitative estimate of drug-likeness (QED) is 0.884. The number of hydrogen-bond acceptors (Lipinski definition) is 2. The monoisotopic (exact) mass is 253 g/mol.